The molecule has 1 heterocycles. The quantitative estimate of drug-likeness (QED) is 0.789. The largest absolute Gasteiger partial charge is 0.376 e. The number of thiophene rings is 1. The maximum Gasteiger partial charge on any atom is 0.161 e. The lowest BCUT2D eigenvalue weighted by Gasteiger charge is -2.06. The maximum atomic E-state index is 10.6. The van der Waals surface area contributed by atoms with Gasteiger partial charge in [0.15, 0.2) is 6.29 Å². The molecule has 0 aliphatic heterocycles. The summed E-state index contributed by atoms with van der Waals surface area (Å²) in [7, 11) is 1.64. The molecule has 1 rings (SSSR count). The third kappa shape index (κ3) is 2.21. The lowest BCUT2D eigenvalue weighted by atomic mass is 10.3. The highest BCUT2D eigenvalue weighted by Gasteiger charge is 2.17. The molecule has 1 aromatic rings. The molecule has 0 fully saturated rings. The van der Waals surface area contributed by atoms with E-state index in [0.29, 0.717) is 4.88 Å². The second kappa shape index (κ2) is 4.68. The van der Waals surface area contributed by atoms with Crippen molar-refractivity contribution in [3.05, 3.63) is 18.7 Å². The van der Waals surface area contributed by atoms with E-state index >= 15 is 0 Å². The molecule has 0 bridgehead atoms. The lowest BCUT2D eigenvalue weighted by molar-refractivity contribution is 0.112. The highest BCUT2D eigenvalue weighted by molar-refractivity contribution is 9.13. The van der Waals surface area contributed by atoms with E-state index < -0.39 is 0 Å². The van der Waals surface area contributed by atoms with Crippen molar-refractivity contribution in [2.24, 2.45) is 0 Å². The van der Waals surface area contributed by atoms with Gasteiger partial charge >= 0.3 is 0 Å². The van der Waals surface area contributed by atoms with Gasteiger partial charge in [0.2, 0.25) is 0 Å². The summed E-state index contributed by atoms with van der Waals surface area (Å²) in [5.74, 6) is 0. The molecule has 0 unspecified atom stereocenters. The zero-order valence-electron chi connectivity index (χ0n) is 7.14. The van der Waals surface area contributed by atoms with Crippen LogP contribution in [0.3, 0.4) is 0 Å². The predicted molar refractivity (Wildman–Crippen MR) is 60.5 cm³/mol. The molecule has 1 aromatic heterocycles. The van der Waals surface area contributed by atoms with Crippen molar-refractivity contribution in [3.63, 3.8) is 0 Å². The number of carbonyl (C=O) groups excluding carboxylic acids is 1. The molecule has 0 saturated carbocycles. The van der Waals surface area contributed by atoms with E-state index in [2.05, 4.69) is 31.9 Å². The first-order valence-electron chi connectivity index (χ1n) is 3.57. The molecule has 0 saturated heterocycles. The number of methoxy groups -OCH3 is 1. The van der Waals surface area contributed by atoms with Gasteiger partial charge in [0.05, 0.1) is 15.5 Å². The number of ether oxygens (including phenoxy) is 1. The number of halogens is 2. The topological polar surface area (TPSA) is 26.3 Å². The Morgan fingerprint density at radius 3 is 2.46 bits per heavy atom. The highest BCUT2D eigenvalue weighted by Crippen LogP contribution is 2.40. The fraction of sp³-hybridized carbons (Fsp3) is 0.375. The van der Waals surface area contributed by atoms with Gasteiger partial charge in [-0.1, -0.05) is 0 Å². The Morgan fingerprint density at radius 1 is 1.46 bits per heavy atom. The molecule has 0 amide bonds. The Labute approximate surface area is 97.5 Å². The Balaban J connectivity index is 3.16. The number of hydrogen-bond acceptors (Lipinski definition) is 3. The average Bonchev–Trinajstić information content (AvgIpc) is 2.43. The Kier molecular flexibility index (Phi) is 4.09. The zero-order chi connectivity index (χ0) is 10.0. The molecule has 1 atom stereocenters. The van der Waals surface area contributed by atoms with Gasteiger partial charge in [0, 0.05) is 16.5 Å². The summed E-state index contributed by atoms with van der Waals surface area (Å²) in [6, 6.07) is 0. The molecule has 0 N–H and O–H groups in total. The van der Waals surface area contributed by atoms with Crippen molar-refractivity contribution in [1.82, 2.24) is 0 Å². The summed E-state index contributed by atoms with van der Waals surface area (Å²) in [6.07, 6.45) is 0.843. The Morgan fingerprint density at radius 2 is 2.08 bits per heavy atom. The number of aldehydes is 1. The van der Waals surface area contributed by atoms with Gasteiger partial charge in [-0.25, -0.2) is 0 Å². The normalized spacial score (nSPS) is 12.9. The first-order valence-corrected chi connectivity index (χ1v) is 5.97. The Bertz CT molecular complexity index is 322. The SMILES string of the molecule is CO[C@H](C)c1sc(C=O)c(Br)c1Br. The number of carbonyl (C=O) groups is 1. The molecule has 72 valence electrons. The summed E-state index contributed by atoms with van der Waals surface area (Å²) in [6.45, 7) is 1.94. The molecule has 5 heteroatoms. The van der Waals surface area contributed by atoms with Crippen LogP contribution in [0.25, 0.3) is 0 Å². The standard InChI is InChI=1S/C8H8Br2O2S/c1-4(12-2)8-7(10)6(9)5(3-11)13-8/h3-4H,1-2H3/t4-/m1/s1. The molecule has 0 radical (unpaired) electrons. The van der Waals surface area contributed by atoms with E-state index in [1.807, 2.05) is 6.92 Å². The van der Waals surface area contributed by atoms with Crippen LogP contribution >= 0.6 is 43.2 Å². The minimum absolute atomic E-state index is 0.00405. The zero-order valence-corrected chi connectivity index (χ0v) is 11.1. The minimum Gasteiger partial charge on any atom is -0.376 e. The fourth-order valence-corrected chi connectivity index (χ4v) is 3.39. The van der Waals surface area contributed by atoms with Gasteiger partial charge in [0.25, 0.3) is 0 Å². The van der Waals surface area contributed by atoms with Crippen LogP contribution in [0.5, 0.6) is 0 Å². The third-order valence-electron chi connectivity index (χ3n) is 1.68. The van der Waals surface area contributed by atoms with Crippen LogP contribution in [0, 0.1) is 0 Å². The summed E-state index contributed by atoms with van der Waals surface area (Å²) in [4.78, 5) is 12.3. The first-order chi connectivity index (χ1) is 6.11. The van der Waals surface area contributed by atoms with Crippen LogP contribution in [0.15, 0.2) is 8.95 Å². The van der Waals surface area contributed by atoms with E-state index in [1.54, 1.807) is 7.11 Å². The van der Waals surface area contributed by atoms with Crippen molar-refractivity contribution in [3.8, 4) is 0 Å². The van der Waals surface area contributed by atoms with Crippen molar-refractivity contribution in [1.29, 1.82) is 0 Å². The van der Waals surface area contributed by atoms with Crippen molar-refractivity contribution < 1.29 is 9.53 Å². The van der Waals surface area contributed by atoms with Gasteiger partial charge in [-0.15, -0.1) is 11.3 Å². The summed E-state index contributed by atoms with van der Waals surface area (Å²) in [5, 5.41) is 0. The van der Waals surface area contributed by atoms with E-state index in [4.69, 9.17) is 4.74 Å². The van der Waals surface area contributed by atoms with Crippen molar-refractivity contribution >= 4 is 49.5 Å². The van der Waals surface area contributed by atoms with E-state index in [-0.39, 0.29) is 6.10 Å². The molecule has 0 aliphatic carbocycles. The highest BCUT2D eigenvalue weighted by atomic mass is 79.9. The minimum atomic E-state index is 0.00405. The van der Waals surface area contributed by atoms with E-state index in [0.717, 1.165) is 20.1 Å². The van der Waals surface area contributed by atoms with Crippen LogP contribution < -0.4 is 0 Å². The first kappa shape index (κ1) is 11.4. The second-order valence-corrected chi connectivity index (χ2v) is 5.12. The maximum absolute atomic E-state index is 10.6. The van der Waals surface area contributed by atoms with Crippen LogP contribution in [0.2, 0.25) is 0 Å². The van der Waals surface area contributed by atoms with Crippen LogP contribution in [0.4, 0.5) is 0 Å². The molecule has 0 spiro atoms. The lowest BCUT2D eigenvalue weighted by Crippen LogP contribution is -1.92. The van der Waals surface area contributed by atoms with Gasteiger partial charge in [-0.05, 0) is 38.8 Å². The van der Waals surface area contributed by atoms with Crippen LogP contribution in [-0.4, -0.2) is 13.4 Å². The third-order valence-corrected chi connectivity index (χ3v) is 5.66. The van der Waals surface area contributed by atoms with E-state index in [1.165, 1.54) is 11.3 Å². The van der Waals surface area contributed by atoms with Crippen LogP contribution in [-0.2, 0) is 4.74 Å². The molecule has 0 aliphatic rings. The smallest absolute Gasteiger partial charge is 0.161 e. The summed E-state index contributed by atoms with van der Waals surface area (Å²) >= 11 is 8.18. The molecule has 13 heavy (non-hydrogen) atoms. The van der Waals surface area contributed by atoms with E-state index in [9.17, 15) is 4.79 Å². The average molecular weight is 328 g/mol. The van der Waals surface area contributed by atoms with Gasteiger partial charge in [-0.2, -0.15) is 0 Å². The molecular formula is C8H8Br2O2S. The van der Waals surface area contributed by atoms with Gasteiger partial charge in [-0.3, -0.25) is 4.79 Å². The second-order valence-electron chi connectivity index (χ2n) is 2.45. The number of hydrogen-bond donors (Lipinski definition) is 0. The van der Waals surface area contributed by atoms with Crippen molar-refractivity contribution in [2.45, 2.75) is 13.0 Å². The summed E-state index contributed by atoms with van der Waals surface area (Å²) < 4.78 is 6.90. The van der Waals surface area contributed by atoms with Crippen molar-refractivity contribution in [2.75, 3.05) is 7.11 Å². The monoisotopic (exact) mass is 326 g/mol. The van der Waals surface area contributed by atoms with Gasteiger partial charge in [0.1, 0.15) is 0 Å². The predicted octanol–water partition coefficient (Wildman–Crippen LogP) is 3.79. The number of rotatable bonds is 3. The Hall–Kier alpha value is 0.290. The molecule has 0 aromatic carbocycles. The van der Waals surface area contributed by atoms with Gasteiger partial charge < -0.3 is 4.74 Å². The molecular weight excluding hydrogens is 320 g/mol. The summed E-state index contributed by atoms with van der Waals surface area (Å²) in [5.41, 5.74) is 0. The fourth-order valence-electron chi connectivity index (χ4n) is 0.869. The van der Waals surface area contributed by atoms with Crippen LogP contribution in [0.1, 0.15) is 27.6 Å². The molecule has 2 nitrogen and oxygen atoms in total.